The summed E-state index contributed by atoms with van der Waals surface area (Å²) in [6.45, 7) is 0. The Kier molecular flexibility index (Phi) is 1.73. The number of nitrogen functional groups attached to an aromatic ring is 1. The number of carbonyl (C=O) groups excluding carboxylic acids is 1. The van der Waals surface area contributed by atoms with Crippen LogP contribution in [0.4, 0.5) is 11.4 Å². The third-order valence-corrected chi connectivity index (χ3v) is 2.63. The molecule has 0 radical (unpaired) electrons. The summed E-state index contributed by atoms with van der Waals surface area (Å²) >= 11 is 0. The van der Waals surface area contributed by atoms with Gasteiger partial charge in [0.1, 0.15) is 0 Å². The zero-order valence-electron chi connectivity index (χ0n) is 8.47. The molecule has 2 heterocycles. The lowest BCUT2D eigenvalue weighted by Crippen LogP contribution is -2.04. The number of anilines is 2. The second kappa shape index (κ2) is 3.10. The van der Waals surface area contributed by atoms with Crippen LogP contribution in [-0.4, -0.2) is 15.7 Å². The number of nitrogens with two attached hydrogens (primary N) is 1. The second-order valence-electron chi connectivity index (χ2n) is 3.74. The number of nitrogens with one attached hydrogen (secondary N) is 1. The van der Waals surface area contributed by atoms with E-state index in [0.717, 1.165) is 16.9 Å². The van der Waals surface area contributed by atoms with Gasteiger partial charge in [-0.2, -0.15) is 5.10 Å². The Bertz CT molecular complexity index is 560. The zero-order chi connectivity index (χ0) is 11.1. The highest BCUT2D eigenvalue weighted by molar-refractivity contribution is 6.00. The van der Waals surface area contributed by atoms with Crippen molar-refractivity contribution >= 4 is 17.3 Å². The Morgan fingerprint density at radius 2 is 2.31 bits per heavy atom. The van der Waals surface area contributed by atoms with Crippen LogP contribution in [0.25, 0.3) is 5.69 Å². The van der Waals surface area contributed by atoms with E-state index in [2.05, 4.69) is 10.4 Å². The quantitative estimate of drug-likeness (QED) is 0.694. The molecule has 0 saturated heterocycles. The van der Waals surface area contributed by atoms with Gasteiger partial charge in [-0.3, -0.25) is 4.79 Å². The maximum Gasteiger partial charge on any atom is 0.228 e. The summed E-state index contributed by atoms with van der Waals surface area (Å²) in [5, 5.41) is 6.91. The third kappa shape index (κ3) is 1.25. The Balaban J connectivity index is 2.15. The maximum absolute atomic E-state index is 11.2. The minimum absolute atomic E-state index is 0.00650. The van der Waals surface area contributed by atoms with Gasteiger partial charge in [0.05, 0.1) is 17.8 Å². The van der Waals surface area contributed by atoms with Gasteiger partial charge in [0.2, 0.25) is 5.91 Å². The smallest absolute Gasteiger partial charge is 0.228 e. The van der Waals surface area contributed by atoms with E-state index in [4.69, 9.17) is 5.73 Å². The first-order valence-corrected chi connectivity index (χ1v) is 4.96. The molecule has 0 spiro atoms. The van der Waals surface area contributed by atoms with Crippen LogP contribution in [0.3, 0.4) is 0 Å². The minimum atomic E-state index is 0.00650. The number of carbonyl (C=O) groups is 1. The number of hydrogen-bond acceptors (Lipinski definition) is 3. The third-order valence-electron chi connectivity index (χ3n) is 2.63. The first-order valence-electron chi connectivity index (χ1n) is 4.96. The lowest BCUT2D eigenvalue weighted by atomic mass is 10.1. The molecule has 0 unspecified atom stereocenters. The Morgan fingerprint density at radius 1 is 1.44 bits per heavy atom. The summed E-state index contributed by atoms with van der Waals surface area (Å²) in [4.78, 5) is 11.2. The minimum Gasteiger partial charge on any atom is -0.397 e. The van der Waals surface area contributed by atoms with Gasteiger partial charge < -0.3 is 11.1 Å². The van der Waals surface area contributed by atoms with Crippen molar-refractivity contribution in [1.29, 1.82) is 0 Å². The van der Waals surface area contributed by atoms with Crippen molar-refractivity contribution in [2.45, 2.75) is 6.42 Å². The molecular weight excluding hydrogens is 204 g/mol. The molecular formula is C11H10N4O. The first-order chi connectivity index (χ1) is 7.74. The predicted octanol–water partition coefficient (Wildman–Crippen LogP) is 0.949. The highest BCUT2D eigenvalue weighted by Gasteiger charge is 2.19. The van der Waals surface area contributed by atoms with Crippen LogP contribution >= 0.6 is 0 Å². The first kappa shape index (κ1) is 8.96. The summed E-state index contributed by atoms with van der Waals surface area (Å²) in [5.74, 6) is 0.00650. The Hall–Kier alpha value is -2.30. The molecule has 5 nitrogen and oxygen atoms in total. The van der Waals surface area contributed by atoms with Gasteiger partial charge in [0.15, 0.2) is 0 Å². The number of nitrogens with zero attached hydrogens (tertiary/aromatic N) is 2. The number of aromatic nitrogens is 2. The molecule has 3 N–H and O–H groups in total. The van der Waals surface area contributed by atoms with Crippen molar-refractivity contribution in [3.8, 4) is 5.69 Å². The van der Waals surface area contributed by atoms with Crippen LogP contribution in [0.1, 0.15) is 5.56 Å². The van der Waals surface area contributed by atoms with Crippen LogP contribution in [0.15, 0.2) is 30.6 Å². The van der Waals surface area contributed by atoms with Gasteiger partial charge in [0.25, 0.3) is 0 Å². The van der Waals surface area contributed by atoms with E-state index in [-0.39, 0.29) is 5.91 Å². The van der Waals surface area contributed by atoms with Gasteiger partial charge >= 0.3 is 0 Å². The van der Waals surface area contributed by atoms with Crippen LogP contribution in [0, 0.1) is 0 Å². The topological polar surface area (TPSA) is 72.9 Å². The second-order valence-corrected chi connectivity index (χ2v) is 3.74. The Labute approximate surface area is 91.9 Å². The van der Waals surface area contributed by atoms with Crippen molar-refractivity contribution in [1.82, 2.24) is 9.78 Å². The van der Waals surface area contributed by atoms with Crippen LogP contribution in [-0.2, 0) is 11.2 Å². The molecule has 5 heteroatoms. The summed E-state index contributed by atoms with van der Waals surface area (Å²) in [6.07, 6.45) is 3.90. The number of fused-ring (bicyclic) bond motifs is 1. The van der Waals surface area contributed by atoms with Gasteiger partial charge in [0, 0.05) is 18.1 Å². The average Bonchev–Trinajstić information content (AvgIpc) is 2.83. The molecule has 1 aliphatic heterocycles. The van der Waals surface area contributed by atoms with Gasteiger partial charge in [-0.05, 0) is 23.8 Å². The van der Waals surface area contributed by atoms with E-state index in [1.165, 1.54) is 0 Å². The van der Waals surface area contributed by atoms with E-state index in [1.807, 2.05) is 24.4 Å². The molecule has 0 aliphatic carbocycles. The predicted molar refractivity (Wildman–Crippen MR) is 60.3 cm³/mol. The Morgan fingerprint density at radius 3 is 3.06 bits per heavy atom. The molecule has 0 bridgehead atoms. The highest BCUT2D eigenvalue weighted by atomic mass is 16.1. The molecule has 1 amide bonds. The molecule has 0 saturated carbocycles. The normalized spacial score (nSPS) is 13.6. The number of benzene rings is 1. The lowest BCUT2D eigenvalue weighted by Gasteiger charge is -2.08. The molecule has 2 aromatic rings. The van der Waals surface area contributed by atoms with Crippen molar-refractivity contribution in [2.75, 3.05) is 11.1 Å². The molecule has 1 aromatic carbocycles. The molecule has 0 atom stereocenters. The van der Waals surface area contributed by atoms with E-state index in [9.17, 15) is 4.79 Å². The summed E-state index contributed by atoms with van der Waals surface area (Å²) in [7, 11) is 0. The number of rotatable bonds is 1. The SMILES string of the molecule is Nc1cc2c(cc1-n1cccn1)NC(=O)C2. The number of amides is 1. The van der Waals surface area contributed by atoms with Crippen molar-refractivity contribution in [2.24, 2.45) is 0 Å². The largest absolute Gasteiger partial charge is 0.397 e. The fraction of sp³-hybridized carbons (Fsp3) is 0.0909. The van der Waals surface area contributed by atoms with Gasteiger partial charge in [-0.1, -0.05) is 0 Å². The van der Waals surface area contributed by atoms with E-state index in [1.54, 1.807) is 10.9 Å². The van der Waals surface area contributed by atoms with Crippen LogP contribution in [0.5, 0.6) is 0 Å². The highest BCUT2D eigenvalue weighted by Crippen LogP contribution is 2.29. The van der Waals surface area contributed by atoms with Crippen LogP contribution < -0.4 is 11.1 Å². The maximum atomic E-state index is 11.2. The molecule has 16 heavy (non-hydrogen) atoms. The van der Waals surface area contributed by atoms with Crippen molar-refractivity contribution < 1.29 is 4.79 Å². The average molecular weight is 214 g/mol. The monoisotopic (exact) mass is 214 g/mol. The molecule has 3 rings (SSSR count). The summed E-state index contributed by atoms with van der Waals surface area (Å²) in [5.41, 5.74) is 9.10. The van der Waals surface area contributed by atoms with Crippen molar-refractivity contribution in [3.05, 3.63) is 36.2 Å². The van der Waals surface area contributed by atoms with Crippen LogP contribution in [0.2, 0.25) is 0 Å². The lowest BCUT2D eigenvalue weighted by molar-refractivity contribution is -0.115. The van der Waals surface area contributed by atoms with E-state index >= 15 is 0 Å². The van der Waals surface area contributed by atoms with Crippen molar-refractivity contribution in [3.63, 3.8) is 0 Å². The standard InChI is InChI=1S/C11H10N4O/c12-8-4-7-5-11(16)14-9(7)6-10(8)15-3-1-2-13-15/h1-4,6H,5,12H2,(H,14,16). The fourth-order valence-electron chi connectivity index (χ4n) is 1.89. The van der Waals surface area contributed by atoms with Gasteiger partial charge in [-0.25, -0.2) is 4.68 Å². The molecule has 1 aliphatic rings. The number of hydrogen-bond donors (Lipinski definition) is 2. The summed E-state index contributed by atoms with van der Waals surface area (Å²) in [6, 6.07) is 5.50. The summed E-state index contributed by atoms with van der Waals surface area (Å²) < 4.78 is 1.68. The molecule has 1 aromatic heterocycles. The van der Waals surface area contributed by atoms with Gasteiger partial charge in [-0.15, -0.1) is 0 Å². The fourth-order valence-corrected chi connectivity index (χ4v) is 1.89. The molecule has 80 valence electrons. The van der Waals surface area contributed by atoms with E-state index < -0.39 is 0 Å². The molecule has 0 fully saturated rings. The zero-order valence-corrected chi connectivity index (χ0v) is 8.47. The van der Waals surface area contributed by atoms with E-state index in [0.29, 0.717) is 12.1 Å².